The summed E-state index contributed by atoms with van der Waals surface area (Å²) in [5, 5.41) is 9.70. The molecule has 0 heterocycles. The van der Waals surface area contributed by atoms with Gasteiger partial charge in [0.1, 0.15) is 0 Å². The fraction of sp³-hybridized carbons (Fsp3) is 0.957. The molecule has 1 atom stereocenters. The molecule has 0 aromatic carbocycles. The van der Waals surface area contributed by atoms with Crippen LogP contribution in [0.5, 0.6) is 0 Å². The van der Waals surface area contributed by atoms with Crippen molar-refractivity contribution in [3.05, 3.63) is 0 Å². The number of aliphatic hydroxyl groups excluding tert-OH is 1. The molecule has 5 nitrogen and oxygen atoms in total. The third kappa shape index (κ3) is 20.4. The van der Waals surface area contributed by atoms with E-state index in [1.165, 1.54) is 96.8 Å². The molecular weight excluding hydrogens is 385 g/mol. The number of nitrogens with zero attached hydrogens (tertiary/aromatic N) is 1. The second-order valence-electron chi connectivity index (χ2n) is 8.44. The molecule has 0 aromatic heterocycles. The van der Waals surface area contributed by atoms with Gasteiger partial charge in [-0.25, -0.2) is 9.13 Å². The minimum absolute atomic E-state index is 0.105. The molecule has 29 heavy (non-hydrogen) atoms. The van der Waals surface area contributed by atoms with Crippen LogP contribution >= 0.6 is 7.68 Å². The zero-order valence-electron chi connectivity index (χ0n) is 19.1. The zero-order valence-corrected chi connectivity index (χ0v) is 20.0. The van der Waals surface area contributed by atoms with Crippen molar-refractivity contribution in [3.63, 3.8) is 0 Å². The Morgan fingerprint density at radius 2 is 1.14 bits per heavy atom. The number of amides is 1. The third-order valence-corrected chi connectivity index (χ3v) is 6.24. The Labute approximate surface area is 179 Å². The zero-order chi connectivity index (χ0) is 21.7. The highest BCUT2D eigenvalue weighted by Gasteiger charge is 2.15. The molecule has 0 bridgehead atoms. The molecule has 6 heteroatoms. The van der Waals surface area contributed by atoms with Gasteiger partial charge in [0.2, 0.25) is 5.91 Å². The first-order chi connectivity index (χ1) is 14.0. The van der Waals surface area contributed by atoms with E-state index in [2.05, 4.69) is 6.92 Å². The summed E-state index contributed by atoms with van der Waals surface area (Å²) in [7, 11) is -2.61. The van der Waals surface area contributed by atoms with Crippen molar-refractivity contribution in [1.29, 1.82) is 0 Å². The van der Waals surface area contributed by atoms with E-state index in [-0.39, 0.29) is 18.6 Å². The fourth-order valence-corrected chi connectivity index (χ4v) is 4.17. The SMILES string of the molecule is CCCCCCCCCCCCCCCCCCN(CC(O)CP(=O)=O)C(C)=O. The van der Waals surface area contributed by atoms with Gasteiger partial charge < -0.3 is 10.0 Å². The van der Waals surface area contributed by atoms with Gasteiger partial charge in [0.15, 0.2) is 0 Å². The standard InChI is InChI=1S/C23H46NO4P/c1-3-4-5-6-7-8-9-10-11-12-13-14-15-16-17-18-19-24(22(2)25)20-23(26)21-29(27)28/h23,26H,3-21H2,1-2H3. The van der Waals surface area contributed by atoms with Gasteiger partial charge in [0.05, 0.1) is 12.3 Å². The van der Waals surface area contributed by atoms with E-state index < -0.39 is 13.8 Å². The van der Waals surface area contributed by atoms with Crippen molar-refractivity contribution in [1.82, 2.24) is 4.90 Å². The number of carbonyl (C=O) groups excluding carboxylic acids is 1. The van der Waals surface area contributed by atoms with E-state index in [9.17, 15) is 19.0 Å². The van der Waals surface area contributed by atoms with E-state index in [1.807, 2.05) is 0 Å². The van der Waals surface area contributed by atoms with Gasteiger partial charge in [0, 0.05) is 20.0 Å². The first kappa shape index (κ1) is 28.3. The molecule has 0 aromatic rings. The lowest BCUT2D eigenvalue weighted by Crippen LogP contribution is -2.37. The van der Waals surface area contributed by atoms with Crippen molar-refractivity contribution in [2.45, 2.75) is 123 Å². The molecular formula is C23H46NO4P. The predicted molar refractivity (Wildman–Crippen MR) is 121 cm³/mol. The van der Waals surface area contributed by atoms with Gasteiger partial charge >= 0.3 is 7.68 Å². The van der Waals surface area contributed by atoms with Crippen LogP contribution in [0.3, 0.4) is 0 Å². The fourth-order valence-electron chi connectivity index (χ4n) is 3.71. The number of aliphatic hydroxyl groups is 1. The Bertz CT molecular complexity index is 446. The van der Waals surface area contributed by atoms with Crippen LogP contribution in [-0.4, -0.2) is 41.3 Å². The van der Waals surface area contributed by atoms with Crippen molar-refractivity contribution < 1.29 is 19.0 Å². The molecule has 1 unspecified atom stereocenters. The Morgan fingerprint density at radius 1 is 0.759 bits per heavy atom. The van der Waals surface area contributed by atoms with Gasteiger partial charge in [-0.05, 0) is 6.42 Å². The normalized spacial score (nSPS) is 12.1. The predicted octanol–water partition coefficient (Wildman–Crippen LogP) is 6.63. The average molecular weight is 432 g/mol. The number of hydrogen-bond donors (Lipinski definition) is 1. The maximum Gasteiger partial charge on any atom is 0.318 e. The van der Waals surface area contributed by atoms with Crippen LogP contribution in [0.2, 0.25) is 0 Å². The number of rotatable bonds is 21. The van der Waals surface area contributed by atoms with E-state index >= 15 is 0 Å². The molecule has 1 N–H and O–H groups in total. The minimum Gasteiger partial charge on any atom is -0.390 e. The van der Waals surface area contributed by atoms with Crippen LogP contribution in [0.25, 0.3) is 0 Å². The highest BCUT2D eigenvalue weighted by atomic mass is 31.1. The van der Waals surface area contributed by atoms with Crippen molar-refractivity contribution in [3.8, 4) is 0 Å². The number of unbranched alkanes of at least 4 members (excludes halogenated alkanes) is 15. The molecule has 172 valence electrons. The summed E-state index contributed by atoms with van der Waals surface area (Å²) in [6.07, 6.45) is 19.7. The molecule has 0 aliphatic rings. The van der Waals surface area contributed by atoms with Crippen LogP contribution in [0.15, 0.2) is 0 Å². The summed E-state index contributed by atoms with van der Waals surface area (Å²) in [4.78, 5) is 13.2. The largest absolute Gasteiger partial charge is 0.390 e. The van der Waals surface area contributed by atoms with Gasteiger partial charge in [0.25, 0.3) is 0 Å². The Balaban J connectivity index is 3.45. The van der Waals surface area contributed by atoms with Crippen LogP contribution in [0.1, 0.15) is 117 Å². The van der Waals surface area contributed by atoms with Crippen LogP contribution in [0, 0.1) is 0 Å². The van der Waals surface area contributed by atoms with E-state index in [0.717, 1.165) is 12.8 Å². The average Bonchev–Trinajstić information content (AvgIpc) is 2.66. The molecule has 0 aliphatic carbocycles. The van der Waals surface area contributed by atoms with Crippen molar-refractivity contribution in [2.24, 2.45) is 0 Å². The van der Waals surface area contributed by atoms with Gasteiger partial charge in [-0.15, -0.1) is 0 Å². The molecule has 0 spiro atoms. The van der Waals surface area contributed by atoms with Crippen LogP contribution < -0.4 is 0 Å². The van der Waals surface area contributed by atoms with Crippen molar-refractivity contribution in [2.75, 3.05) is 19.3 Å². The third-order valence-electron chi connectivity index (χ3n) is 5.52. The van der Waals surface area contributed by atoms with Crippen LogP contribution in [0.4, 0.5) is 0 Å². The van der Waals surface area contributed by atoms with Gasteiger partial charge in [-0.2, -0.15) is 0 Å². The number of hydrogen-bond acceptors (Lipinski definition) is 4. The lowest BCUT2D eigenvalue weighted by atomic mass is 10.0. The smallest absolute Gasteiger partial charge is 0.318 e. The Hall–Kier alpha value is -0.670. The maximum absolute atomic E-state index is 11.6. The molecule has 0 saturated carbocycles. The van der Waals surface area contributed by atoms with Crippen LogP contribution in [-0.2, 0) is 13.9 Å². The highest BCUT2D eigenvalue weighted by molar-refractivity contribution is 7.30. The monoisotopic (exact) mass is 431 g/mol. The second kappa shape index (κ2) is 20.6. The highest BCUT2D eigenvalue weighted by Crippen LogP contribution is 2.14. The summed E-state index contributed by atoms with van der Waals surface area (Å²) in [5.74, 6) is -0.105. The minimum atomic E-state index is -2.61. The lowest BCUT2D eigenvalue weighted by Gasteiger charge is -2.23. The molecule has 0 radical (unpaired) electrons. The quantitative estimate of drug-likeness (QED) is 0.163. The van der Waals surface area contributed by atoms with Gasteiger partial charge in [-0.1, -0.05) is 103 Å². The maximum atomic E-state index is 11.6. The Kier molecular flexibility index (Phi) is 20.1. The van der Waals surface area contributed by atoms with E-state index in [0.29, 0.717) is 6.54 Å². The first-order valence-corrected chi connectivity index (χ1v) is 13.4. The number of carbonyl (C=O) groups is 1. The molecule has 0 rings (SSSR count). The molecule has 1 amide bonds. The first-order valence-electron chi connectivity index (χ1n) is 12.0. The van der Waals surface area contributed by atoms with E-state index in [4.69, 9.17) is 0 Å². The molecule has 0 saturated heterocycles. The van der Waals surface area contributed by atoms with Crippen molar-refractivity contribution >= 4 is 13.6 Å². The summed E-state index contributed by atoms with van der Waals surface area (Å²) in [6, 6.07) is 0. The summed E-state index contributed by atoms with van der Waals surface area (Å²) in [5.41, 5.74) is 0. The lowest BCUT2D eigenvalue weighted by molar-refractivity contribution is -0.130. The topological polar surface area (TPSA) is 74.7 Å². The molecule has 0 aliphatic heterocycles. The van der Waals surface area contributed by atoms with E-state index in [1.54, 1.807) is 4.90 Å². The second-order valence-corrected chi connectivity index (χ2v) is 9.47. The summed E-state index contributed by atoms with van der Waals surface area (Å²) < 4.78 is 21.3. The summed E-state index contributed by atoms with van der Waals surface area (Å²) in [6.45, 7) is 4.44. The van der Waals surface area contributed by atoms with Gasteiger partial charge in [-0.3, -0.25) is 4.79 Å². The Morgan fingerprint density at radius 3 is 1.48 bits per heavy atom. The summed E-state index contributed by atoms with van der Waals surface area (Å²) >= 11 is 0. The molecule has 0 fully saturated rings.